The number of benzene rings is 2. The van der Waals surface area contributed by atoms with Gasteiger partial charge in [-0.15, -0.1) is 0 Å². The quantitative estimate of drug-likeness (QED) is 0.344. The van der Waals surface area contributed by atoms with E-state index in [2.05, 4.69) is 0 Å². The van der Waals surface area contributed by atoms with Gasteiger partial charge in [-0.25, -0.2) is 13.9 Å². The molecule has 1 unspecified atom stereocenters. The number of rotatable bonds is 8. The molecule has 160 valence electrons. The molecule has 0 saturated carbocycles. The van der Waals surface area contributed by atoms with Gasteiger partial charge in [-0.05, 0) is 60.2 Å². The van der Waals surface area contributed by atoms with E-state index < -0.39 is 21.5 Å². The second kappa shape index (κ2) is 8.69. The van der Waals surface area contributed by atoms with Gasteiger partial charge in [0.05, 0.1) is 4.90 Å². The Morgan fingerprint density at radius 2 is 1.76 bits per heavy atom. The van der Waals surface area contributed by atoms with Crippen molar-refractivity contribution in [2.24, 2.45) is 11.8 Å². The third-order valence-corrected chi connectivity index (χ3v) is 7.53. The summed E-state index contributed by atoms with van der Waals surface area (Å²) in [6.07, 6.45) is 0.570. The predicted octanol–water partition coefficient (Wildman–Crippen LogP) is 3.38. The van der Waals surface area contributed by atoms with Crippen LogP contribution in [0.5, 0.6) is 0 Å². The molecule has 0 aromatic heterocycles. The van der Waals surface area contributed by atoms with Crippen molar-refractivity contribution in [2.45, 2.75) is 51.5 Å². The highest BCUT2D eigenvalue weighted by atomic mass is 32.2. The van der Waals surface area contributed by atoms with Crippen LogP contribution in [0.2, 0.25) is 0 Å². The molecule has 2 aromatic carbocycles. The molecule has 0 fully saturated rings. The van der Waals surface area contributed by atoms with Gasteiger partial charge in [0.25, 0.3) is 5.91 Å². The molecule has 1 atom stereocenters. The standard InChI is InChI=1S/C21H31N3O4S/c1-14(2)10-11-24(21(5,15(3)4)20(25)23-26)29(27,28)19-9-7-16-6-8-18(22)12-17(16)13-19/h6-9,12-15,26H,10-11,22H2,1-5H3,(H,23,25). The summed E-state index contributed by atoms with van der Waals surface area (Å²) in [6, 6.07) is 10.1. The number of sulfonamides is 1. The van der Waals surface area contributed by atoms with Crippen LogP contribution in [0.3, 0.4) is 0 Å². The zero-order valence-electron chi connectivity index (χ0n) is 17.6. The number of nitrogen functional groups attached to an aromatic ring is 1. The third kappa shape index (κ3) is 4.55. The Labute approximate surface area is 172 Å². The van der Waals surface area contributed by atoms with Crippen molar-refractivity contribution in [1.29, 1.82) is 0 Å². The summed E-state index contributed by atoms with van der Waals surface area (Å²) >= 11 is 0. The van der Waals surface area contributed by atoms with Crippen molar-refractivity contribution in [3.8, 4) is 0 Å². The van der Waals surface area contributed by atoms with Crippen molar-refractivity contribution in [2.75, 3.05) is 12.3 Å². The van der Waals surface area contributed by atoms with Crippen LogP contribution in [0, 0.1) is 11.8 Å². The number of hydroxylamine groups is 1. The minimum Gasteiger partial charge on any atom is -0.399 e. The maximum absolute atomic E-state index is 13.7. The summed E-state index contributed by atoms with van der Waals surface area (Å²) in [5.74, 6) is -0.907. The molecule has 0 aliphatic rings. The maximum atomic E-state index is 13.7. The first-order chi connectivity index (χ1) is 13.4. The van der Waals surface area contributed by atoms with Crippen LogP contribution in [-0.4, -0.2) is 35.9 Å². The third-order valence-electron chi connectivity index (χ3n) is 5.54. The summed E-state index contributed by atoms with van der Waals surface area (Å²) < 4.78 is 28.6. The van der Waals surface area contributed by atoms with Crippen molar-refractivity contribution in [3.05, 3.63) is 36.4 Å². The van der Waals surface area contributed by atoms with Gasteiger partial charge in [0.15, 0.2) is 0 Å². The van der Waals surface area contributed by atoms with E-state index in [0.29, 0.717) is 17.5 Å². The fourth-order valence-corrected chi connectivity index (χ4v) is 5.19. The van der Waals surface area contributed by atoms with Crippen LogP contribution in [-0.2, 0) is 14.8 Å². The number of nitrogens with zero attached hydrogens (tertiary/aromatic N) is 1. The molecule has 0 aliphatic heterocycles. The SMILES string of the molecule is CC(C)CCN(C(C)(C(=O)NO)C(C)C)S(=O)(=O)c1ccc2ccc(N)cc2c1. The van der Waals surface area contributed by atoms with Gasteiger partial charge in [-0.1, -0.05) is 39.8 Å². The lowest BCUT2D eigenvalue weighted by Gasteiger charge is -2.41. The average molecular weight is 422 g/mol. The first kappa shape index (κ1) is 23.1. The number of fused-ring (bicyclic) bond motifs is 1. The van der Waals surface area contributed by atoms with Crippen LogP contribution in [0.25, 0.3) is 10.8 Å². The maximum Gasteiger partial charge on any atom is 0.264 e. The number of amides is 1. The first-order valence-electron chi connectivity index (χ1n) is 9.71. The lowest BCUT2D eigenvalue weighted by molar-refractivity contribution is -0.141. The van der Waals surface area contributed by atoms with Crippen LogP contribution in [0.1, 0.15) is 41.0 Å². The normalized spacial score (nSPS) is 14.5. The van der Waals surface area contributed by atoms with E-state index in [1.807, 2.05) is 19.9 Å². The molecule has 0 aliphatic carbocycles. The van der Waals surface area contributed by atoms with Crippen molar-refractivity contribution in [1.82, 2.24) is 9.79 Å². The second-order valence-electron chi connectivity index (χ2n) is 8.27. The monoisotopic (exact) mass is 421 g/mol. The number of hydrogen-bond acceptors (Lipinski definition) is 5. The molecule has 0 bridgehead atoms. The molecule has 2 aromatic rings. The van der Waals surface area contributed by atoms with Gasteiger partial charge in [-0.3, -0.25) is 10.0 Å². The Kier molecular flexibility index (Phi) is 6.93. The number of anilines is 1. The number of carbonyl (C=O) groups is 1. The summed E-state index contributed by atoms with van der Waals surface area (Å²) in [5, 5.41) is 10.9. The highest BCUT2D eigenvalue weighted by molar-refractivity contribution is 7.89. The summed E-state index contributed by atoms with van der Waals surface area (Å²) in [7, 11) is -4.04. The van der Waals surface area contributed by atoms with E-state index in [4.69, 9.17) is 5.73 Å². The summed E-state index contributed by atoms with van der Waals surface area (Å²) in [5.41, 5.74) is 6.58. The minimum atomic E-state index is -4.04. The highest BCUT2D eigenvalue weighted by Gasteiger charge is 2.48. The first-order valence-corrected chi connectivity index (χ1v) is 11.1. The molecular weight excluding hydrogens is 390 g/mol. The van der Waals surface area contributed by atoms with Crippen molar-refractivity contribution in [3.63, 3.8) is 0 Å². The fraction of sp³-hybridized carbons (Fsp3) is 0.476. The van der Waals surface area contributed by atoms with E-state index in [0.717, 1.165) is 5.39 Å². The summed E-state index contributed by atoms with van der Waals surface area (Å²) in [4.78, 5) is 12.7. The molecule has 2 rings (SSSR count). The zero-order chi connectivity index (χ0) is 22.0. The number of nitrogens with two attached hydrogens (primary N) is 1. The summed E-state index contributed by atoms with van der Waals surface area (Å²) in [6.45, 7) is 9.19. The Balaban J connectivity index is 2.66. The van der Waals surface area contributed by atoms with Crippen molar-refractivity contribution < 1.29 is 18.4 Å². The Hall–Kier alpha value is -2.16. The lowest BCUT2D eigenvalue weighted by atomic mass is 9.87. The van der Waals surface area contributed by atoms with Crippen LogP contribution in [0.4, 0.5) is 5.69 Å². The molecular formula is C21H31N3O4S. The van der Waals surface area contributed by atoms with E-state index in [1.54, 1.807) is 50.5 Å². The number of carbonyl (C=O) groups excluding carboxylic acids is 1. The van der Waals surface area contributed by atoms with Gasteiger partial charge in [0.1, 0.15) is 5.54 Å². The Morgan fingerprint density at radius 3 is 2.31 bits per heavy atom. The zero-order valence-corrected chi connectivity index (χ0v) is 18.5. The smallest absolute Gasteiger partial charge is 0.264 e. The molecule has 4 N–H and O–H groups in total. The molecule has 0 radical (unpaired) electrons. The Morgan fingerprint density at radius 1 is 1.14 bits per heavy atom. The average Bonchev–Trinajstić information content (AvgIpc) is 2.65. The van der Waals surface area contributed by atoms with E-state index in [9.17, 15) is 18.4 Å². The lowest BCUT2D eigenvalue weighted by Crippen LogP contribution is -2.61. The fourth-order valence-electron chi connectivity index (χ4n) is 3.29. The number of nitrogens with one attached hydrogen (secondary N) is 1. The topological polar surface area (TPSA) is 113 Å². The molecule has 29 heavy (non-hydrogen) atoms. The van der Waals surface area contributed by atoms with Gasteiger partial charge in [-0.2, -0.15) is 4.31 Å². The van der Waals surface area contributed by atoms with E-state index in [-0.39, 0.29) is 23.3 Å². The largest absolute Gasteiger partial charge is 0.399 e. The molecule has 0 spiro atoms. The van der Waals surface area contributed by atoms with E-state index in [1.165, 1.54) is 10.4 Å². The molecule has 0 saturated heterocycles. The molecule has 0 heterocycles. The number of hydrogen-bond donors (Lipinski definition) is 3. The van der Waals surface area contributed by atoms with Crippen LogP contribution < -0.4 is 11.2 Å². The van der Waals surface area contributed by atoms with Gasteiger partial charge < -0.3 is 5.73 Å². The predicted molar refractivity (Wildman–Crippen MR) is 115 cm³/mol. The second-order valence-corrected chi connectivity index (χ2v) is 10.1. The highest BCUT2D eigenvalue weighted by Crippen LogP contribution is 2.33. The minimum absolute atomic E-state index is 0.0805. The van der Waals surface area contributed by atoms with Crippen molar-refractivity contribution >= 4 is 32.4 Å². The van der Waals surface area contributed by atoms with E-state index >= 15 is 0 Å². The Bertz CT molecular complexity index is 989. The molecule has 8 heteroatoms. The van der Waals surface area contributed by atoms with Gasteiger partial charge in [0, 0.05) is 12.2 Å². The van der Waals surface area contributed by atoms with Crippen LogP contribution in [0.15, 0.2) is 41.3 Å². The molecule has 7 nitrogen and oxygen atoms in total. The molecule has 1 amide bonds. The van der Waals surface area contributed by atoms with Gasteiger partial charge in [0.2, 0.25) is 10.0 Å². The van der Waals surface area contributed by atoms with Gasteiger partial charge >= 0.3 is 0 Å². The van der Waals surface area contributed by atoms with Crippen LogP contribution >= 0.6 is 0 Å².